The molecule has 0 aromatic carbocycles. The van der Waals surface area contributed by atoms with Gasteiger partial charge in [0.1, 0.15) is 11.4 Å². The number of hydrogen-bond acceptors (Lipinski definition) is 3. The second kappa shape index (κ2) is 4.77. The van der Waals surface area contributed by atoms with E-state index in [0.717, 1.165) is 23.5 Å². The van der Waals surface area contributed by atoms with E-state index in [1.165, 1.54) is 0 Å². The van der Waals surface area contributed by atoms with Gasteiger partial charge >= 0.3 is 0 Å². The van der Waals surface area contributed by atoms with E-state index in [0.29, 0.717) is 6.54 Å². The molecule has 3 heterocycles. The number of imidazole rings is 1. The number of hydrogen-bond donors (Lipinski definition) is 1. The fourth-order valence-corrected chi connectivity index (χ4v) is 2.68. The summed E-state index contributed by atoms with van der Waals surface area (Å²) < 4.78 is 7.29. The van der Waals surface area contributed by atoms with Crippen LogP contribution in [0.2, 0.25) is 0 Å². The van der Waals surface area contributed by atoms with Crippen LogP contribution in [0.25, 0.3) is 5.65 Å². The number of pyridine rings is 1. The van der Waals surface area contributed by atoms with Crippen LogP contribution in [0.1, 0.15) is 23.8 Å². The van der Waals surface area contributed by atoms with Gasteiger partial charge in [0.25, 0.3) is 0 Å². The van der Waals surface area contributed by atoms with Gasteiger partial charge < -0.3 is 14.1 Å². The van der Waals surface area contributed by atoms with Crippen LogP contribution in [0.15, 0.2) is 53.4 Å². The molecule has 106 valence electrons. The summed E-state index contributed by atoms with van der Waals surface area (Å²) in [6.07, 6.45) is 6.40. The van der Waals surface area contributed by atoms with E-state index in [-0.39, 0.29) is 17.7 Å². The van der Waals surface area contributed by atoms with E-state index in [4.69, 9.17) is 4.42 Å². The molecule has 21 heavy (non-hydrogen) atoms. The van der Waals surface area contributed by atoms with E-state index in [2.05, 4.69) is 10.3 Å². The number of aromatic nitrogens is 2. The van der Waals surface area contributed by atoms with Crippen molar-refractivity contribution in [3.8, 4) is 0 Å². The molecule has 1 amide bonds. The van der Waals surface area contributed by atoms with Crippen LogP contribution >= 0.6 is 0 Å². The molecule has 0 spiro atoms. The van der Waals surface area contributed by atoms with Crippen molar-refractivity contribution in [1.82, 2.24) is 14.7 Å². The van der Waals surface area contributed by atoms with Crippen molar-refractivity contribution in [2.45, 2.75) is 18.9 Å². The van der Waals surface area contributed by atoms with Gasteiger partial charge in [-0.1, -0.05) is 6.07 Å². The maximum atomic E-state index is 12.1. The lowest BCUT2D eigenvalue weighted by atomic mass is 10.2. The van der Waals surface area contributed by atoms with Gasteiger partial charge in [-0.25, -0.2) is 4.98 Å². The molecule has 5 nitrogen and oxygen atoms in total. The fraction of sp³-hybridized carbons (Fsp3) is 0.250. The number of nitrogens with one attached hydrogen (secondary N) is 1. The summed E-state index contributed by atoms with van der Waals surface area (Å²) in [5.74, 6) is 1.26. The summed E-state index contributed by atoms with van der Waals surface area (Å²) in [5, 5.41) is 2.96. The van der Waals surface area contributed by atoms with Crippen LogP contribution in [0, 0.1) is 5.92 Å². The Kier molecular flexibility index (Phi) is 2.77. The second-order valence-corrected chi connectivity index (χ2v) is 5.38. The zero-order valence-electron chi connectivity index (χ0n) is 11.4. The quantitative estimate of drug-likeness (QED) is 0.798. The summed E-state index contributed by atoms with van der Waals surface area (Å²) in [5.41, 5.74) is 1.76. The molecule has 3 aromatic rings. The monoisotopic (exact) mass is 281 g/mol. The summed E-state index contributed by atoms with van der Waals surface area (Å²) in [6, 6.07) is 9.64. The summed E-state index contributed by atoms with van der Waals surface area (Å²) >= 11 is 0. The van der Waals surface area contributed by atoms with E-state index in [1.807, 2.05) is 47.1 Å². The molecule has 1 aliphatic carbocycles. The normalized spacial score (nSPS) is 20.6. The number of carbonyl (C=O) groups is 1. The van der Waals surface area contributed by atoms with Crippen LogP contribution in [-0.4, -0.2) is 15.3 Å². The van der Waals surface area contributed by atoms with Crippen LogP contribution in [-0.2, 0) is 11.3 Å². The fourth-order valence-electron chi connectivity index (χ4n) is 2.68. The molecule has 2 unspecified atom stereocenters. The second-order valence-electron chi connectivity index (χ2n) is 5.38. The lowest BCUT2D eigenvalue weighted by Crippen LogP contribution is -2.25. The topological polar surface area (TPSA) is 59.5 Å². The van der Waals surface area contributed by atoms with Gasteiger partial charge in [0.2, 0.25) is 5.91 Å². The highest BCUT2D eigenvalue weighted by Gasteiger charge is 2.45. The third kappa shape index (κ3) is 2.31. The molecule has 1 aliphatic rings. The standard InChI is InChI=1S/C16H15N3O2/c20-16(13-8-12(13)14-4-3-7-21-14)17-9-11-10-19-6-2-1-5-15(19)18-11/h1-7,10,12-13H,8-9H2,(H,17,20). The number of fused-ring (bicyclic) bond motifs is 1. The first kappa shape index (κ1) is 12.2. The van der Waals surface area contributed by atoms with Crippen LogP contribution in [0.3, 0.4) is 0 Å². The van der Waals surface area contributed by atoms with Crippen molar-refractivity contribution in [2.75, 3.05) is 0 Å². The highest BCUT2D eigenvalue weighted by atomic mass is 16.3. The predicted molar refractivity (Wildman–Crippen MR) is 76.6 cm³/mol. The molecular formula is C16H15N3O2. The van der Waals surface area contributed by atoms with Gasteiger partial charge in [0, 0.05) is 24.2 Å². The van der Waals surface area contributed by atoms with Crippen molar-refractivity contribution in [2.24, 2.45) is 5.92 Å². The molecule has 5 heteroatoms. The van der Waals surface area contributed by atoms with E-state index >= 15 is 0 Å². The van der Waals surface area contributed by atoms with E-state index in [1.54, 1.807) is 6.26 Å². The zero-order valence-corrected chi connectivity index (χ0v) is 11.4. The molecule has 2 atom stereocenters. The largest absolute Gasteiger partial charge is 0.469 e. The molecule has 1 saturated carbocycles. The maximum absolute atomic E-state index is 12.1. The third-order valence-corrected chi connectivity index (χ3v) is 3.89. The molecule has 4 rings (SSSR count). The lowest BCUT2D eigenvalue weighted by Gasteiger charge is -2.01. The van der Waals surface area contributed by atoms with Gasteiger partial charge in [-0.3, -0.25) is 4.79 Å². The number of carbonyl (C=O) groups excluding carboxylic acids is 1. The minimum Gasteiger partial charge on any atom is -0.469 e. The first-order valence-electron chi connectivity index (χ1n) is 7.05. The molecule has 0 aliphatic heterocycles. The Labute approximate surface area is 121 Å². The molecule has 3 aromatic heterocycles. The SMILES string of the molecule is O=C(NCc1cn2ccccc2n1)C1CC1c1ccco1. The van der Waals surface area contributed by atoms with Crippen molar-refractivity contribution in [3.63, 3.8) is 0 Å². The van der Waals surface area contributed by atoms with Crippen molar-refractivity contribution < 1.29 is 9.21 Å². The minimum atomic E-state index is 0.0354. The number of rotatable bonds is 4. The Morgan fingerprint density at radius 2 is 2.33 bits per heavy atom. The highest BCUT2D eigenvalue weighted by molar-refractivity contribution is 5.82. The molecule has 0 saturated heterocycles. The number of nitrogens with zero attached hydrogens (tertiary/aromatic N) is 2. The van der Waals surface area contributed by atoms with Crippen molar-refractivity contribution in [1.29, 1.82) is 0 Å². The average molecular weight is 281 g/mol. The first-order valence-corrected chi connectivity index (χ1v) is 7.05. The Morgan fingerprint density at radius 1 is 1.38 bits per heavy atom. The Bertz CT molecular complexity index is 743. The van der Waals surface area contributed by atoms with Gasteiger partial charge in [0.15, 0.2) is 0 Å². The van der Waals surface area contributed by atoms with Crippen LogP contribution in [0.4, 0.5) is 0 Å². The molecule has 0 radical (unpaired) electrons. The average Bonchev–Trinajstić information content (AvgIpc) is 2.96. The lowest BCUT2D eigenvalue weighted by molar-refractivity contribution is -0.122. The minimum absolute atomic E-state index is 0.0354. The van der Waals surface area contributed by atoms with E-state index < -0.39 is 0 Å². The molecular weight excluding hydrogens is 266 g/mol. The Hall–Kier alpha value is -2.56. The molecule has 0 bridgehead atoms. The maximum Gasteiger partial charge on any atom is 0.224 e. The van der Waals surface area contributed by atoms with Gasteiger partial charge in [-0.05, 0) is 30.7 Å². The summed E-state index contributed by atoms with van der Waals surface area (Å²) in [4.78, 5) is 16.6. The zero-order chi connectivity index (χ0) is 14.2. The van der Waals surface area contributed by atoms with Crippen LogP contribution < -0.4 is 5.32 Å². The highest BCUT2D eigenvalue weighted by Crippen LogP contribution is 2.47. The smallest absolute Gasteiger partial charge is 0.224 e. The number of amides is 1. The van der Waals surface area contributed by atoms with Crippen molar-refractivity contribution in [3.05, 3.63) is 60.4 Å². The van der Waals surface area contributed by atoms with Gasteiger partial charge in [0.05, 0.1) is 18.5 Å². The number of furan rings is 1. The predicted octanol–water partition coefficient (Wildman–Crippen LogP) is 2.35. The summed E-state index contributed by atoms with van der Waals surface area (Å²) in [7, 11) is 0. The van der Waals surface area contributed by atoms with Crippen molar-refractivity contribution >= 4 is 11.6 Å². The Balaban J connectivity index is 1.38. The van der Waals surface area contributed by atoms with Gasteiger partial charge in [-0.15, -0.1) is 0 Å². The molecule has 1 fully saturated rings. The molecule has 1 N–H and O–H groups in total. The third-order valence-electron chi connectivity index (χ3n) is 3.89. The Morgan fingerprint density at radius 3 is 3.14 bits per heavy atom. The first-order chi connectivity index (χ1) is 10.3. The van der Waals surface area contributed by atoms with E-state index in [9.17, 15) is 4.79 Å². The summed E-state index contributed by atoms with van der Waals surface area (Å²) in [6.45, 7) is 0.460. The van der Waals surface area contributed by atoms with Gasteiger partial charge in [-0.2, -0.15) is 0 Å². The van der Waals surface area contributed by atoms with Crippen LogP contribution in [0.5, 0.6) is 0 Å².